The highest BCUT2D eigenvalue weighted by Gasteiger charge is 2.33. The smallest absolute Gasteiger partial charge is 0.252 e. The molecule has 0 atom stereocenters. The van der Waals surface area contributed by atoms with Crippen molar-refractivity contribution >= 4 is 10.9 Å². The lowest BCUT2D eigenvalue weighted by Gasteiger charge is -2.13. The Morgan fingerprint density at radius 1 is 0.955 bits per heavy atom. The molecule has 1 aromatic heterocycles. The Morgan fingerprint density at radius 3 is 2.00 bits per heavy atom. The van der Waals surface area contributed by atoms with Gasteiger partial charge in [-0.1, -0.05) is 53.7 Å². The highest BCUT2D eigenvalue weighted by atomic mass is 19.4. The molecule has 0 amide bonds. The SMILES string of the molecule is CC.CC.CCc1cc(CC)c2cccc(C(F)(F)F)c2n1. The summed E-state index contributed by atoms with van der Waals surface area (Å²) >= 11 is 0. The number of hydrogen-bond donors (Lipinski definition) is 0. The normalized spacial score (nSPS) is 10.4. The Balaban J connectivity index is 0.00000102. The van der Waals surface area contributed by atoms with E-state index in [0.29, 0.717) is 23.9 Å². The van der Waals surface area contributed by atoms with Gasteiger partial charge < -0.3 is 0 Å². The molecule has 0 spiro atoms. The van der Waals surface area contributed by atoms with E-state index in [2.05, 4.69) is 4.98 Å². The number of para-hydroxylation sites is 1. The average Bonchev–Trinajstić information content (AvgIpc) is 2.55. The largest absolute Gasteiger partial charge is 0.418 e. The third-order valence-electron chi connectivity index (χ3n) is 3.03. The summed E-state index contributed by atoms with van der Waals surface area (Å²) in [6.45, 7) is 11.8. The van der Waals surface area contributed by atoms with Crippen molar-refractivity contribution in [3.05, 3.63) is 41.1 Å². The van der Waals surface area contributed by atoms with Crippen molar-refractivity contribution in [1.82, 2.24) is 4.98 Å². The maximum absolute atomic E-state index is 12.9. The van der Waals surface area contributed by atoms with Gasteiger partial charge >= 0.3 is 6.18 Å². The molecule has 0 radical (unpaired) electrons. The monoisotopic (exact) mass is 313 g/mol. The van der Waals surface area contributed by atoms with Crippen molar-refractivity contribution in [3.8, 4) is 0 Å². The van der Waals surface area contributed by atoms with Crippen LogP contribution in [0, 0.1) is 0 Å². The molecule has 0 aliphatic rings. The van der Waals surface area contributed by atoms with Gasteiger partial charge in [-0.3, -0.25) is 4.98 Å². The molecule has 2 aromatic rings. The summed E-state index contributed by atoms with van der Waals surface area (Å²) in [5, 5.41) is 0.601. The molecule has 0 fully saturated rings. The highest BCUT2D eigenvalue weighted by molar-refractivity contribution is 5.85. The van der Waals surface area contributed by atoms with E-state index in [9.17, 15) is 13.2 Å². The summed E-state index contributed by atoms with van der Waals surface area (Å²) in [7, 11) is 0. The second kappa shape index (κ2) is 9.44. The molecule has 1 nitrogen and oxygen atoms in total. The Morgan fingerprint density at radius 2 is 1.55 bits per heavy atom. The zero-order valence-corrected chi connectivity index (χ0v) is 14.3. The van der Waals surface area contributed by atoms with Crippen LogP contribution in [0.25, 0.3) is 10.9 Å². The predicted molar refractivity (Wildman–Crippen MR) is 88.2 cm³/mol. The Hall–Kier alpha value is -1.58. The number of alkyl halides is 3. The number of hydrogen-bond acceptors (Lipinski definition) is 1. The van der Waals surface area contributed by atoms with Crippen LogP contribution in [-0.4, -0.2) is 4.98 Å². The number of aromatic nitrogens is 1. The molecule has 1 aromatic carbocycles. The number of benzene rings is 1. The second-order valence-corrected chi connectivity index (χ2v) is 4.18. The molecule has 0 aliphatic carbocycles. The van der Waals surface area contributed by atoms with Crippen LogP contribution in [-0.2, 0) is 19.0 Å². The summed E-state index contributed by atoms with van der Waals surface area (Å²) in [6.07, 6.45) is -3.02. The van der Waals surface area contributed by atoms with E-state index in [1.54, 1.807) is 6.07 Å². The fourth-order valence-corrected chi connectivity index (χ4v) is 2.08. The van der Waals surface area contributed by atoms with E-state index in [4.69, 9.17) is 0 Å². The average molecular weight is 313 g/mol. The number of halogens is 3. The number of pyridine rings is 1. The van der Waals surface area contributed by atoms with Crippen molar-refractivity contribution in [2.45, 2.75) is 60.6 Å². The zero-order chi connectivity index (χ0) is 17.3. The second-order valence-electron chi connectivity index (χ2n) is 4.18. The van der Waals surface area contributed by atoms with Crippen LogP contribution >= 0.6 is 0 Å². The Labute approximate surface area is 131 Å². The van der Waals surface area contributed by atoms with Crippen LogP contribution in [0.3, 0.4) is 0 Å². The van der Waals surface area contributed by atoms with Gasteiger partial charge in [-0.05, 0) is 30.5 Å². The molecular weight excluding hydrogens is 287 g/mol. The first-order chi connectivity index (χ1) is 10.5. The van der Waals surface area contributed by atoms with E-state index < -0.39 is 11.7 Å². The molecule has 0 N–H and O–H groups in total. The molecule has 0 saturated carbocycles. The van der Waals surface area contributed by atoms with Gasteiger partial charge in [-0.2, -0.15) is 13.2 Å². The van der Waals surface area contributed by atoms with Crippen LogP contribution in [0.5, 0.6) is 0 Å². The van der Waals surface area contributed by atoms with Gasteiger partial charge in [0.15, 0.2) is 0 Å². The highest BCUT2D eigenvalue weighted by Crippen LogP contribution is 2.35. The van der Waals surface area contributed by atoms with Crippen LogP contribution in [0.1, 0.15) is 58.4 Å². The predicted octanol–water partition coefficient (Wildman–Crippen LogP) is 6.43. The molecule has 4 heteroatoms. The molecule has 1 heterocycles. The topological polar surface area (TPSA) is 12.9 Å². The lowest BCUT2D eigenvalue weighted by Crippen LogP contribution is -2.08. The summed E-state index contributed by atoms with van der Waals surface area (Å²) in [5.74, 6) is 0. The van der Waals surface area contributed by atoms with Crippen LogP contribution in [0.2, 0.25) is 0 Å². The van der Waals surface area contributed by atoms with Crippen molar-refractivity contribution in [3.63, 3.8) is 0 Å². The first-order valence-corrected chi connectivity index (χ1v) is 7.96. The number of fused-ring (bicyclic) bond motifs is 1. The van der Waals surface area contributed by atoms with Gasteiger partial charge in [-0.25, -0.2) is 0 Å². The quantitative estimate of drug-likeness (QED) is 0.622. The van der Waals surface area contributed by atoms with Gasteiger partial charge in [0, 0.05) is 11.1 Å². The fraction of sp³-hybridized carbons (Fsp3) is 0.500. The molecular formula is C18H26F3N. The minimum atomic E-state index is -4.36. The fourth-order valence-electron chi connectivity index (χ4n) is 2.08. The molecule has 22 heavy (non-hydrogen) atoms. The van der Waals surface area contributed by atoms with E-state index in [1.807, 2.05) is 47.6 Å². The Kier molecular flexibility index (Phi) is 8.76. The minimum absolute atomic E-state index is 0.0706. The van der Waals surface area contributed by atoms with Crippen molar-refractivity contribution in [1.29, 1.82) is 0 Å². The van der Waals surface area contributed by atoms with Gasteiger partial charge in [-0.15, -0.1) is 0 Å². The maximum Gasteiger partial charge on any atom is 0.418 e. The summed E-state index contributed by atoms with van der Waals surface area (Å²) < 4.78 is 38.8. The Bertz CT molecular complexity index is 574. The summed E-state index contributed by atoms with van der Waals surface area (Å²) in [5.41, 5.74) is 1.05. The lowest BCUT2D eigenvalue weighted by atomic mass is 10.0. The van der Waals surface area contributed by atoms with E-state index in [-0.39, 0.29) is 5.52 Å². The van der Waals surface area contributed by atoms with Gasteiger partial charge in [0.2, 0.25) is 0 Å². The maximum atomic E-state index is 12.9. The first kappa shape index (κ1) is 20.4. The first-order valence-electron chi connectivity index (χ1n) is 7.96. The summed E-state index contributed by atoms with van der Waals surface area (Å²) in [6, 6.07) is 6.13. The number of nitrogens with zero attached hydrogens (tertiary/aromatic N) is 1. The van der Waals surface area contributed by atoms with E-state index in [0.717, 1.165) is 11.6 Å². The minimum Gasteiger partial charge on any atom is -0.252 e. The molecule has 0 unspecified atom stereocenters. The zero-order valence-electron chi connectivity index (χ0n) is 14.3. The molecule has 124 valence electrons. The molecule has 0 bridgehead atoms. The van der Waals surface area contributed by atoms with Crippen LogP contribution < -0.4 is 0 Å². The van der Waals surface area contributed by atoms with Crippen molar-refractivity contribution < 1.29 is 13.2 Å². The molecule has 2 rings (SSSR count). The number of rotatable bonds is 2. The molecule has 0 saturated heterocycles. The van der Waals surface area contributed by atoms with Crippen molar-refractivity contribution in [2.75, 3.05) is 0 Å². The van der Waals surface area contributed by atoms with E-state index in [1.165, 1.54) is 6.07 Å². The van der Waals surface area contributed by atoms with Gasteiger partial charge in [0.05, 0.1) is 11.1 Å². The van der Waals surface area contributed by atoms with Gasteiger partial charge in [0.25, 0.3) is 0 Å². The third kappa shape index (κ3) is 4.72. The molecule has 0 aliphatic heterocycles. The van der Waals surface area contributed by atoms with Gasteiger partial charge in [0.1, 0.15) is 0 Å². The third-order valence-corrected chi connectivity index (χ3v) is 3.03. The summed E-state index contributed by atoms with van der Waals surface area (Å²) in [4.78, 5) is 4.15. The number of aryl methyl sites for hydroxylation is 2. The van der Waals surface area contributed by atoms with E-state index >= 15 is 0 Å². The standard InChI is InChI=1S/C14H14F3N.2C2H6/c1-3-9-8-10(4-2)18-13-11(9)6-5-7-12(13)14(15,16)17;2*1-2/h5-8H,3-4H2,1-2H3;2*1-2H3. The lowest BCUT2D eigenvalue weighted by molar-refractivity contribution is -0.136. The van der Waals surface area contributed by atoms with Crippen LogP contribution in [0.15, 0.2) is 24.3 Å². The van der Waals surface area contributed by atoms with Crippen molar-refractivity contribution in [2.24, 2.45) is 0 Å². The van der Waals surface area contributed by atoms with Crippen LogP contribution in [0.4, 0.5) is 13.2 Å².